The maximum Gasteiger partial charge on any atom is 0.317 e. The molecule has 0 aromatic heterocycles. The van der Waals surface area contributed by atoms with Gasteiger partial charge in [0.15, 0.2) is 0 Å². The first kappa shape index (κ1) is 16.9. The van der Waals surface area contributed by atoms with E-state index in [-0.39, 0.29) is 24.8 Å². The molecule has 24 heavy (non-hydrogen) atoms. The van der Waals surface area contributed by atoms with Crippen molar-refractivity contribution >= 4 is 6.03 Å². The van der Waals surface area contributed by atoms with Crippen molar-refractivity contribution in [3.05, 3.63) is 23.3 Å². The van der Waals surface area contributed by atoms with E-state index in [2.05, 4.69) is 5.32 Å². The number of hydrogen-bond acceptors (Lipinski definition) is 4. The number of aliphatic hydroxyl groups is 1. The lowest BCUT2D eigenvalue weighted by molar-refractivity contribution is 0.173. The second kappa shape index (κ2) is 7.30. The number of carbonyl (C=O) groups excluding carboxylic acids is 1. The van der Waals surface area contributed by atoms with Gasteiger partial charge in [0.25, 0.3) is 0 Å². The average molecular weight is 334 g/mol. The van der Waals surface area contributed by atoms with Crippen LogP contribution in [0, 0.1) is 0 Å². The number of aliphatic hydroxyl groups excluding tert-OH is 1. The molecule has 0 bridgehead atoms. The zero-order valence-corrected chi connectivity index (χ0v) is 14.4. The Labute approximate surface area is 142 Å². The summed E-state index contributed by atoms with van der Waals surface area (Å²) in [4.78, 5) is 14.1. The van der Waals surface area contributed by atoms with E-state index >= 15 is 0 Å². The van der Waals surface area contributed by atoms with Crippen molar-refractivity contribution in [3.63, 3.8) is 0 Å². The number of nitrogens with one attached hydrogen (secondary N) is 1. The monoisotopic (exact) mass is 334 g/mol. The Kier molecular flexibility index (Phi) is 5.14. The van der Waals surface area contributed by atoms with Crippen LogP contribution in [0.15, 0.2) is 12.1 Å². The predicted octanol–water partition coefficient (Wildman–Crippen LogP) is 2.07. The Balaban J connectivity index is 1.69. The molecule has 2 aliphatic rings. The van der Waals surface area contributed by atoms with Gasteiger partial charge in [-0.1, -0.05) is 0 Å². The van der Waals surface area contributed by atoms with Crippen LogP contribution in [0.3, 0.4) is 0 Å². The van der Waals surface area contributed by atoms with Gasteiger partial charge in [-0.3, -0.25) is 0 Å². The summed E-state index contributed by atoms with van der Waals surface area (Å²) in [6.45, 7) is 5.32. The van der Waals surface area contributed by atoms with E-state index in [1.54, 1.807) is 4.90 Å². The highest BCUT2D eigenvalue weighted by Crippen LogP contribution is 2.35. The van der Waals surface area contributed by atoms with Gasteiger partial charge in [0.2, 0.25) is 0 Å². The Hall–Kier alpha value is -1.95. The molecule has 1 aromatic rings. The molecular weight excluding hydrogens is 308 g/mol. The van der Waals surface area contributed by atoms with Gasteiger partial charge in [-0.15, -0.1) is 0 Å². The first-order valence-corrected chi connectivity index (χ1v) is 8.73. The van der Waals surface area contributed by atoms with Gasteiger partial charge >= 0.3 is 6.03 Å². The summed E-state index contributed by atoms with van der Waals surface area (Å²) in [7, 11) is 0. The third-order valence-corrected chi connectivity index (χ3v) is 4.40. The molecule has 1 aromatic carbocycles. The standard InChI is InChI=1S/C18H26N2O4/c1-3-23-16-9-13-8-12(2)24-17(13)10-14(16)11-19-18(22)20(6-7-21)15-4-5-15/h9-10,12,15,21H,3-8,11H2,1-2H3,(H,19,22). The third-order valence-electron chi connectivity index (χ3n) is 4.40. The van der Waals surface area contributed by atoms with Gasteiger partial charge in [0.05, 0.1) is 13.2 Å². The molecule has 2 N–H and O–H groups in total. The lowest BCUT2D eigenvalue weighted by atomic mass is 10.1. The van der Waals surface area contributed by atoms with Crippen LogP contribution in [0.5, 0.6) is 11.5 Å². The fourth-order valence-electron chi connectivity index (χ4n) is 3.13. The maximum absolute atomic E-state index is 12.4. The molecule has 1 heterocycles. The zero-order valence-electron chi connectivity index (χ0n) is 14.4. The van der Waals surface area contributed by atoms with Crippen molar-refractivity contribution in [1.82, 2.24) is 10.2 Å². The summed E-state index contributed by atoms with van der Waals surface area (Å²) in [5.74, 6) is 1.68. The van der Waals surface area contributed by atoms with E-state index < -0.39 is 0 Å². The fourth-order valence-corrected chi connectivity index (χ4v) is 3.13. The van der Waals surface area contributed by atoms with Crippen molar-refractivity contribution in [2.75, 3.05) is 19.8 Å². The molecule has 1 saturated carbocycles. The van der Waals surface area contributed by atoms with E-state index in [1.807, 2.05) is 26.0 Å². The SMILES string of the molecule is CCOc1cc2c(cc1CNC(=O)N(CCO)C1CC1)OC(C)C2. The van der Waals surface area contributed by atoms with E-state index in [4.69, 9.17) is 14.6 Å². The van der Waals surface area contributed by atoms with Gasteiger partial charge in [-0.2, -0.15) is 0 Å². The van der Waals surface area contributed by atoms with Crippen LogP contribution >= 0.6 is 0 Å². The van der Waals surface area contributed by atoms with Gasteiger partial charge in [0.1, 0.15) is 17.6 Å². The third kappa shape index (κ3) is 3.75. The highest BCUT2D eigenvalue weighted by atomic mass is 16.5. The minimum atomic E-state index is -0.135. The van der Waals surface area contributed by atoms with E-state index in [0.717, 1.165) is 41.9 Å². The molecule has 1 unspecified atom stereocenters. The average Bonchev–Trinajstić information content (AvgIpc) is 3.32. The number of ether oxygens (including phenoxy) is 2. The van der Waals surface area contributed by atoms with Crippen molar-refractivity contribution in [3.8, 4) is 11.5 Å². The van der Waals surface area contributed by atoms with Crippen LogP contribution in [0.25, 0.3) is 0 Å². The molecule has 1 fully saturated rings. The normalized spacial score (nSPS) is 18.7. The van der Waals surface area contributed by atoms with Crippen molar-refractivity contribution in [2.24, 2.45) is 0 Å². The molecule has 0 radical (unpaired) electrons. The molecule has 0 spiro atoms. The summed E-state index contributed by atoms with van der Waals surface area (Å²) in [6.07, 6.45) is 3.09. The molecule has 6 heteroatoms. The molecule has 0 saturated heterocycles. The number of amides is 2. The second-order valence-electron chi connectivity index (χ2n) is 6.44. The lowest BCUT2D eigenvalue weighted by Crippen LogP contribution is -2.42. The lowest BCUT2D eigenvalue weighted by Gasteiger charge is -2.22. The molecule has 1 atom stereocenters. The van der Waals surface area contributed by atoms with Crippen LogP contribution in [-0.2, 0) is 13.0 Å². The number of benzene rings is 1. The molecule has 6 nitrogen and oxygen atoms in total. The van der Waals surface area contributed by atoms with E-state index in [0.29, 0.717) is 19.7 Å². The highest BCUT2D eigenvalue weighted by molar-refractivity contribution is 5.75. The molecule has 1 aliphatic heterocycles. The second-order valence-corrected chi connectivity index (χ2v) is 6.44. The molecular formula is C18H26N2O4. The van der Waals surface area contributed by atoms with Gasteiger partial charge in [0, 0.05) is 36.7 Å². The predicted molar refractivity (Wildman–Crippen MR) is 90.5 cm³/mol. The largest absolute Gasteiger partial charge is 0.494 e. The van der Waals surface area contributed by atoms with Crippen molar-refractivity contribution in [2.45, 2.75) is 51.8 Å². The molecule has 3 rings (SSSR count). The quantitative estimate of drug-likeness (QED) is 0.801. The number of nitrogens with zero attached hydrogens (tertiary/aromatic N) is 1. The molecule has 1 aliphatic carbocycles. The summed E-state index contributed by atoms with van der Waals surface area (Å²) in [5.41, 5.74) is 2.07. The first-order chi connectivity index (χ1) is 11.6. The topological polar surface area (TPSA) is 71.0 Å². The van der Waals surface area contributed by atoms with Crippen LogP contribution in [0.4, 0.5) is 4.79 Å². The van der Waals surface area contributed by atoms with Gasteiger partial charge < -0.3 is 24.8 Å². The Morgan fingerprint density at radius 1 is 1.46 bits per heavy atom. The summed E-state index contributed by atoms with van der Waals surface area (Å²) < 4.78 is 11.5. The Morgan fingerprint density at radius 3 is 2.92 bits per heavy atom. The van der Waals surface area contributed by atoms with Gasteiger partial charge in [-0.05, 0) is 38.8 Å². The minimum absolute atomic E-state index is 0.0152. The summed E-state index contributed by atoms with van der Waals surface area (Å²) in [5, 5.41) is 12.1. The van der Waals surface area contributed by atoms with Crippen LogP contribution in [0.1, 0.15) is 37.8 Å². The highest BCUT2D eigenvalue weighted by Gasteiger charge is 2.32. The molecule has 2 amide bonds. The smallest absolute Gasteiger partial charge is 0.317 e. The van der Waals surface area contributed by atoms with E-state index in [9.17, 15) is 4.79 Å². The number of fused-ring (bicyclic) bond motifs is 1. The van der Waals surface area contributed by atoms with E-state index in [1.165, 1.54) is 0 Å². The number of urea groups is 1. The van der Waals surface area contributed by atoms with Crippen molar-refractivity contribution in [1.29, 1.82) is 0 Å². The Morgan fingerprint density at radius 2 is 2.25 bits per heavy atom. The summed E-state index contributed by atoms with van der Waals surface area (Å²) in [6, 6.07) is 4.13. The summed E-state index contributed by atoms with van der Waals surface area (Å²) >= 11 is 0. The Bertz CT molecular complexity index is 601. The van der Waals surface area contributed by atoms with Crippen LogP contribution < -0.4 is 14.8 Å². The zero-order chi connectivity index (χ0) is 17.1. The maximum atomic E-state index is 12.4. The number of rotatable bonds is 7. The first-order valence-electron chi connectivity index (χ1n) is 8.73. The minimum Gasteiger partial charge on any atom is -0.494 e. The number of hydrogen-bond donors (Lipinski definition) is 2. The van der Waals surface area contributed by atoms with Crippen molar-refractivity contribution < 1.29 is 19.4 Å². The number of carbonyl (C=O) groups is 1. The van der Waals surface area contributed by atoms with Crippen LogP contribution in [0.2, 0.25) is 0 Å². The molecule has 132 valence electrons. The van der Waals surface area contributed by atoms with Gasteiger partial charge in [-0.25, -0.2) is 4.79 Å². The fraction of sp³-hybridized carbons (Fsp3) is 0.611. The van der Waals surface area contributed by atoms with Crippen LogP contribution in [-0.4, -0.2) is 47.9 Å².